The van der Waals surface area contributed by atoms with Crippen LogP contribution < -0.4 is 0 Å². The second-order valence-corrected chi connectivity index (χ2v) is 7.08. The molecule has 104 valence electrons. The second kappa shape index (κ2) is 6.71. The average molecular weight is 265 g/mol. The molecule has 0 radical (unpaired) electrons. The van der Waals surface area contributed by atoms with Gasteiger partial charge in [-0.1, -0.05) is 20.8 Å². The fraction of sp³-hybridized carbons (Fsp3) is 1.00. The van der Waals surface area contributed by atoms with Gasteiger partial charge in [0.25, 0.3) is 0 Å². The third-order valence-electron chi connectivity index (χ3n) is 3.68. The van der Waals surface area contributed by atoms with Gasteiger partial charge in [0, 0.05) is 11.8 Å². The van der Waals surface area contributed by atoms with Crippen LogP contribution in [0.2, 0.25) is 0 Å². The summed E-state index contributed by atoms with van der Waals surface area (Å²) in [4.78, 5) is 2.19. The molecule has 0 saturated carbocycles. The first kappa shape index (κ1) is 16.9. The Morgan fingerprint density at radius 3 is 2.00 bits per heavy atom. The van der Waals surface area contributed by atoms with E-state index in [4.69, 9.17) is 0 Å². The van der Waals surface area contributed by atoms with E-state index in [1.165, 1.54) is 6.26 Å². The van der Waals surface area contributed by atoms with Crippen LogP contribution >= 0.6 is 0 Å². The van der Waals surface area contributed by atoms with Gasteiger partial charge in [0.2, 0.25) is 0 Å². The van der Waals surface area contributed by atoms with Crippen molar-refractivity contribution in [3.63, 3.8) is 0 Å². The normalized spacial score (nSPS) is 18.1. The number of likely N-dealkylation sites (N-methyl/N-ethyl adjacent to an activating group) is 1. The van der Waals surface area contributed by atoms with Crippen LogP contribution in [0.5, 0.6) is 0 Å². The highest BCUT2D eigenvalue weighted by atomic mass is 32.2. The Morgan fingerprint density at radius 1 is 1.24 bits per heavy atom. The molecule has 0 aromatic rings. The van der Waals surface area contributed by atoms with Gasteiger partial charge in [-0.25, -0.2) is 8.42 Å². The van der Waals surface area contributed by atoms with Gasteiger partial charge in [0.15, 0.2) is 0 Å². The molecule has 0 rings (SSSR count). The number of hydrogen-bond acceptors (Lipinski definition) is 4. The van der Waals surface area contributed by atoms with Gasteiger partial charge in [-0.15, -0.1) is 0 Å². The summed E-state index contributed by atoms with van der Waals surface area (Å²) in [5.41, 5.74) is -0.339. The van der Waals surface area contributed by atoms with Crippen molar-refractivity contribution in [2.75, 3.05) is 25.1 Å². The molecule has 0 aliphatic heterocycles. The van der Waals surface area contributed by atoms with Gasteiger partial charge < -0.3 is 5.11 Å². The zero-order chi connectivity index (χ0) is 13.7. The first-order valence-corrected chi connectivity index (χ1v) is 8.38. The Kier molecular flexibility index (Phi) is 6.66. The molecule has 0 aliphatic carbocycles. The molecule has 0 aromatic heterocycles. The van der Waals surface area contributed by atoms with Gasteiger partial charge in [0.05, 0.1) is 11.9 Å². The summed E-state index contributed by atoms with van der Waals surface area (Å²) in [5.74, 6) is 0.0467. The SMILES string of the molecule is CCN(CC)C(C)(CC)C(O)CCS(C)(=O)=O. The molecular weight excluding hydrogens is 238 g/mol. The third-order valence-corrected chi connectivity index (χ3v) is 4.66. The van der Waals surface area contributed by atoms with Crippen LogP contribution in [0.25, 0.3) is 0 Å². The molecule has 0 heterocycles. The van der Waals surface area contributed by atoms with Crippen LogP contribution in [0.4, 0.5) is 0 Å². The Morgan fingerprint density at radius 2 is 1.71 bits per heavy atom. The lowest BCUT2D eigenvalue weighted by molar-refractivity contribution is -0.0207. The van der Waals surface area contributed by atoms with Gasteiger partial charge in [0.1, 0.15) is 9.84 Å². The lowest BCUT2D eigenvalue weighted by atomic mass is 9.88. The zero-order valence-corrected chi connectivity index (χ0v) is 12.5. The summed E-state index contributed by atoms with van der Waals surface area (Å²) in [6, 6.07) is 0. The minimum Gasteiger partial charge on any atom is -0.391 e. The largest absolute Gasteiger partial charge is 0.391 e. The van der Waals surface area contributed by atoms with E-state index in [2.05, 4.69) is 18.7 Å². The molecule has 0 aliphatic rings. The van der Waals surface area contributed by atoms with Crippen LogP contribution in [-0.2, 0) is 9.84 Å². The lowest BCUT2D eigenvalue weighted by Crippen LogP contribution is -2.54. The molecular formula is C12H27NO3S. The fourth-order valence-corrected chi connectivity index (χ4v) is 2.90. The Labute approximate surface area is 106 Å². The van der Waals surface area contributed by atoms with Crippen molar-refractivity contribution in [1.82, 2.24) is 4.90 Å². The number of aliphatic hydroxyl groups is 1. The highest BCUT2D eigenvalue weighted by molar-refractivity contribution is 7.90. The maximum atomic E-state index is 11.1. The van der Waals surface area contributed by atoms with E-state index in [9.17, 15) is 13.5 Å². The van der Waals surface area contributed by atoms with Gasteiger partial charge >= 0.3 is 0 Å². The van der Waals surface area contributed by atoms with Crippen molar-refractivity contribution >= 4 is 9.84 Å². The smallest absolute Gasteiger partial charge is 0.147 e. The first-order valence-electron chi connectivity index (χ1n) is 6.32. The van der Waals surface area contributed by atoms with Gasteiger partial charge in [-0.05, 0) is 32.9 Å². The number of nitrogens with zero attached hydrogens (tertiary/aromatic N) is 1. The molecule has 0 spiro atoms. The number of rotatable bonds is 8. The summed E-state index contributed by atoms with van der Waals surface area (Å²) in [7, 11) is -3.01. The molecule has 0 amide bonds. The monoisotopic (exact) mass is 265 g/mol. The van der Waals surface area contributed by atoms with Crippen molar-refractivity contribution in [3.05, 3.63) is 0 Å². The summed E-state index contributed by atoms with van der Waals surface area (Å²) in [5, 5.41) is 10.3. The molecule has 2 atom stereocenters. The Hall–Kier alpha value is -0.130. The molecule has 5 heteroatoms. The minimum atomic E-state index is -3.01. The van der Waals surface area contributed by atoms with E-state index < -0.39 is 15.9 Å². The minimum absolute atomic E-state index is 0.0467. The highest BCUT2D eigenvalue weighted by Crippen LogP contribution is 2.25. The topological polar surface area (TPSA) is 57.6 Å². The molecule has 0 aromatic carbocycles. The molecule has 2 unspecified atom stereocenters. The second-order valence-electron chi connectivity index (χ2n) is 4.82. The summed E-state index contributed by atoms with van der Waals surface area (Å²) >= 11 is 0. The van der Waals surface area contributed by atoms with Gasteiger partial charge in [-0.2, -0.15) is 0 Å². The van der Waals surface area contributed by atoms with Crippen LogP contribution in [0, 0.1) is 0 Å². The molecule has 1 N–H and O–H groups in total. The number of sulfone groups is 1. The Balaban J connectivity index is 4.73. The summed E-state index contributed by atoms with van der Waals surface area (Å²) < 4.78 is 22.3. The lowest BCUT2D eigenvalue weighted by Gasteiger charge is -2.43. The van der Waals surface area contributed by atoms with Crippen molar-refractivity contribution in [2.24, 2.45) is 0 Å². The van der Waals surface area contributed by atoms with Crippen molar-refractivity contribution in [2.45, 2.75) is 52.2 Å². The van der Waals surface area contributed by atoms with Crippen LogP contribution in [-0.4, -0.2) is 55.2 Å². The quantitative estimate of drug-likeness (QED) is 0.718. The molecule has 4 nitrogen and oxygen atoms in total. The molecule has 0 fully saturated rings. The van der Waals surface area contributed by atoms with Crippen molar-refractivity contribution in [1.29, 1.82) is 0 Å². The van der Waals surface area contributed by atoms with E-state index in [1.807, 2.05) is 13.8 Å². The standard InChI is InChI=1S/C12H27NO3S/c1-6-12(4,13(7-2)8-3)11(14)9-10-17(5,15)16/h11,14H,6-10H2,1-5H3. The summed E-state index contributed by atoms with van der Waals surface area (Å²) in [6.07, 6.45) is 1.71. The van der Waals surface area contributed by atoms with Crippen molar-refractivity contribution < 1.29 is 13.5 Å². The third kappa shape index (κ3) is 4.94. The van der Waals surface area contributed by atoms with E-state index in [0.29, 0.717) is 6.42 Å². The molecule has 0 saturated heterocycles. The average Bonchev–Trinajstić information content (AvgIpc) is 2.25. The van der Waals surface area contributed by atoms with Crippen LogP contribution in [0.3, 0.4) is 0 Å². The Bertz CT molecular complexity index is 312. The van der Waals surface area contributed by atoms with E-state index in [1.54, 1.807) is 0 Å². The number of hydrogen-bond donors (Lipinski definition) is 1. The van der Waals surface area contributed by atoms with E-state index in [0.717, 1.165) is 19.5 Å². The predicted octanol–water partition coefficient (Wildman–Crippen LogP) is 1.29. The molecule has 17 heavy (non-hydrogen) atoms. The van der Waals surface area contributed by atoms with Gasteiger partial charge in [-0.3, -0.25) is 4.90 Å². The fourth-order valence-electron chi connectivity index (χ4n) is 2.25. The van der Waals surface area contributed by atoms with Crippen LogP contribution in [0.1, 0.15) is 40.5 Å². The maximum absolute atomic E-state index is 11.1. The highest BCUT2D eigenvalue weighted by Gasteiger charge is 2.35. The van der Waals surface area contributed by atoms with Crippen LogP contribution in [0.15, 0.2) is 0 Å². The van der Waals surface area contributed by atoms with E-state index in [-0.39, 0.29) is 11.3 Å². The van der Waals surface area contributed by atoms with E-state index >= 15 is 0 Å². The molecule has 0 bridgehead atoms. The van der Waals surface area contributed by atoms with Crippen molar-refractivity contribution in [3.8, 4) is 0 Å². The summed E-state index contributed by atoms with van der Waals surface area (Å²) in [6.45, 7) is 9.86. The predicted molar refractivity (Wildman–Crippen MR) is 72.0 cm³/mol. The first-order chi connectivity index (χ1) is 7.71. The zero-order valence-electron chi connectivity index (χ0n) is 11.7. The maximum Gasteiger partial charge on any atom is 0.147 e. The number of aliphatic hydroxyl groups excluding tert-OH is 1.